The van der Waals surface area contributed by atoms with Crippen molar-refractivity contribution in [2.45, 2.75) is 6.42 Å². The lowest BCUT2D eigenvalue weighted by molar-refractivity contribution is 0.100. The molecule has 1 aliphatic heterocycles. The van der Waals surface area contributed by atoms with Gasteiger partial charge in [0.15, 0.2) is 0 Å². The molecule has 0 fully saturated rings. The van der Waals surface area contributed by atoms with E-state index in [0.717, 1.165) is 12.1 Å². The molecular weight excluding hydrogens is 321 g/mol. The average molecular weight is 334 g/mol. The Balaban J connectivity index is 1.89. The second-order valence-electron chi connectivity index (χ2n) is 4.93. The van der Waals surface area contributed by atoms with Crippen molar-refractivity contribution in [1.29, 1.82) is 0 Å². The molecule has 112 valence electrons. The minimum absolute atomic E-state index is 0.158. The van der Waals surface area contributed by atoms with Crippen LogP contribution in [0, 0.1) is 0 Å². The standard InChI is InChI=1S/C16H13Cl2N3O/c17-11-5-6-13(18)12(9-11)15(22)20-16(19)21-8-7-10-3-1-2-4-14(10)21/h1-6,9H,7-8H2,(H2,19,20,22). The largest absolute Gasteiger partial charge is 0.369 e. The Labute approximate surface area is 138 Å². The van der Waals surface area contributed by atoms with Gasteiger partial charge < -0.3 is 10.6 Å². The third-order valence-corrected chi connectivity index (χ3v) is 4.10. The van der Waals surface area contributed by atoms with Gasteiger partial charge in [0.05, 0.1) is 10.6 Å². The summed E-state index contributed by atoms with van der Waals surface area (Å²) >= 11 is 11.9. The lowest BCUT2D eigenvalue weighted by Crippen LogP contribution is -2.36. The van der Waals surface area contributed by atoms with Crippen molar-refractivity contribution in [3.63, 3.8) is 0 Å². The summed E-state index contributed by atoms with van der Waals surface area (Å²) in [5.41, 5.74) is 8.41. The number of anilines is 1. The number of halogens is 2. The summed E-state index contributed by atoms with van der Waals surface area (Å²) in [6, 6.07) is 12.6. The van der Waals surface area contributed by atoms with Crippen molar-refractivity contribution < 1.29 is 4.79 Å². The van der Waals surface area contributed by atoms with E-state index in [0.29, 0.717) is 16.6 Å². The Morgan fingerprint density at radius 2 is 1.95 bits per heavy atom. The fourth-order valence-electron chi connectivity index (χ4n) is 2.46. The fraction of sp³-hybridized carbons (Fsp3) is 0.125. The lowest BCUT2D eigenvalue weighted by atomic mass is 10.2. The maximum Gasteiger partial charge on any atom is 0.281 e. The van der Waals surface area contributed by atoms with E-state index in [4.69, 9.17) is 28.9 Å². The van der Waals surface area contributed by atoms with Gasteiger partial charge in [-0.1, -0.05) is 41.4 Å². The van der Waals surface area contributed by atoms with Gasteiger partial charge in [-0.2, -0.15) is 4.99 Å². The zero-order valence-corrected chi connectivity index (χ0v) is 13.1. The Kier molecular flexibility index (Phi) is 4.05. The molecule has 0 saturated heterocycles. The van der Waals surface area contributed by atoms with Crippen molar-refractivity contribution in [2.75, 3.05) is 11.4 Å². The van der Waals surface area contributed by atoms with Gasteiger partial charge in [0.2, 0.25) is 5.96 Å². The number of rotatable bonds is 1. The first-order valence-electron chi connectivity index (χ1n) is 6.75. The average Bonchev–Trinajstić information content (AvgIpc) is 2.93. The van der Waals surface area contributed by atoms with Crippen LogP contribution < -0.4 is 10.6 Å². The van der Waals surface area contributed by atoms with Gasteiger partial charge in [-0.3, -0.25) is 4.79 Å². The smallest absolute Gasteiger partial charge is 0.281 e. The molecular formula is C16H13Cl2N3O. The van der Waals surface area contributed by atoms with Gasteiger partial charge in [-0.25, -0.2) is 0 Å². The van der Waals surface area contributed by atoms with Gasteiger partial charge >= 0.3 is 0 Å². The molecule has 2 aromatic rings. The molecule has 3 rings (SSSR count). The molecule has 1 amide bonds. The maximum atomic E-state index is 12.3. The number of benzene rings is 2. The van der Waals surface area contributed by atoms with E-state index in [1.54, 1.807) is 12.1 Å². The fourth-order valence-corrected chi connectivity index (χ4v) is 2.83. The zero-order chi connectivity index (χ0) is 15.7. The molecule has 0 atom stereocenters. The van der Waals surface area contributed by atoms with E-state index >= 15 is 0 Å². The molecule has 0 unspecified atom stereocenters. The summed E-state index contributed by atoms with van der Waals surface area (Å²) < 4.78 is 0. The highest BCUT2D eigenvalue weighted by atomic mass is 35.5. The molecule has 6 heteroatoms. The van der Waals surface area contributed by atoms with Crippen LogP contribution in [0.25, 0.3) is 0 Å². The number of carbonyl (C=O) groups is 1. The van der Waals surface area contributed by atoms with Crippen LogP contribution in [-0.4, -0.2) is 18.4 Å². The summed E-state index contributed by atoms with van der Waals surface area (Å²) in [6.45, 7) is 0.700. The molecule has 0 aromatic heterocycles. The Morgan fingerprint density at radius 3 is 2.77 bits per heavy atom. The molecule has 0 saturated carbocycles. The summed E-state index contributed by atoms with van der Waals surface area (Å²) in [7, 11) is 0. The molecule has 2 N–H and O–H groups in total. The van der Waals surface area contributed by atoms with E-state index in [2.05, 4.69) is 4.99 Å². The van der Waals surface area contributed by atoms with Crippen LogP contribution >= 0.6 is 23.2 Å². The summed E-state index contributed by atoms with van der Waals surface area (Å²) in [4.78, 5) is 18.1. The molecule has 1 heterocycles. The van der Waals surface area contributed by atoms with Gasteiger partial charge in [0.25, 0.3) is 5.91 Å². The third-order valence-electron chi connectivity index (χ3n) is 3.54. The first kappa shape index (κ1) is 14.9. The van der Waals surface area contributed by atoms with Gasteiger partial charge in [0, 0.05) is 17.3 Å². The van der Waals surface area contributed by atoms with E-state index < -0.39 is 5.91 Å². The van der Waals surface area contributed by atoms with Gasteiger partial charge in [-0.05, 0) is 36.2 Å². The second-order valence-corrected chi connectivity index (χ2v) is 5.77. The first-order chi connectivity index (χ1) is 10.6. The monoisotopic (exact) mass is 333 g/mol. The van der Waals surface area contributed by atoms with Crippen LogP contribution in [0.5, 0.6) is 0 Å². The highest BCUT2D eigenvalue weighted by Crippen LogP contribution is 2.27. The Bertz CT molecular complexity index is 774. The number of amides is 1. The maximum absolute atomic E-state index is 12.3. The third kappa shape index (κ3) is 2.80. The van der Waals surface area contributed by atoms with Crippen molar-refractivity contribution >= 4 is 40.8 Å². The normalized spacial score (nSPS) is 14.1. The SMILES string of the molecule is NC(=NC(=O)c1cc(Cl)ccc1Cl)N1CCc2ccccc21. The number of guanidine groups is 1. The molecule has 4 nitrogen and oxygen atoms in total. The highest BCUT2D eigenvalue weighted by molar-refractivity contribution is 6.36. The molecule has 1 aliphatic rings. The van der Waals surface area contributed by atoms with Crippen molar-refractivity contribution in [1.82, 2.24) is 0 Å². The van der Waals surface area contributed by atoms with E-state index in [1.807, 2.05) is 29.2 Å². The highest BCUT2D eigenvalue weighted by Gasteiger charge is 2.22. The predicted octanol–water partition coefficient (Wildman–Crippen LogP) is 3.51. The number of carbonyl (C=O) groups excluding carboxylic acids is 1. The molecule has 0 aliphatic carbocycles. The van der Waals surface area contributed by atoms with Crippen LogP contribution in [0.1, 0.15) is 15.9 Å². The van der Waals surface area contributed by atoms with Crippen molar-refractivity contribution in [3.8, 4) is 0 Å². The van der Waals surface area contributed by atoms with Crippen LogP contribution in [-0.2, 0) is 6.42 Å². The zero-order valence-electron chi connectivity index (χ0n) is 11.6. The molecule has 0 bridgehead atoms. The number of fused-ring (bicyclic) bond motifs is 1. The number of hydrogen-bond acceptors (Lipinski definition) is 1. The van der Waals surface area contributed by atoms with Gasteiger partial charge in [0.1, 0.15) is 0 Å². The van der Waals surface area contributed by atoms with Crippen LogP contribution in [0.15, 0.2) is 47.5 Å². The minimum atomic E-state index is -0.505. The second kappa shape index (κ2) is 5.99. The Hall–Kier alpha value is -2.04. The number of aliphatic imine (C=N–C) groups is 1. The number of hydrogen-bond donors (Lipinski definition) is 1. The number of nitrogens with zero attached hydrogens (tertiary/aromatic N) is 2. The first-order valence-corrected chi connectivity index (χ1v) is 7.51. The van der Waals surface area contributed by atoms with Gasteiger partial charge in [-0.15, -0.1) is 0 Å². The molecule has 22 heavy (non-hydrogen) atoms. The van der Waals surface area contributed by atoms with Crippen molar-refractivity contribution in [2.24, 2.45) is 10.7 Å². The summed E-state index contributed by atoms with van der Waals surface area (Å²) in [5.74, 6) is -0.347. The number of para-hydroxylation sites is 1. The Morgan fingerprint density at radius 1 is 1.18 bits per heavy atom. The summed E-state index contributed by atoms with van der Waals surface area (Å²) in [5, 5.41) is 0.723. The van der Waals surface area contributed by atoms with E-state index in [9.17, 15) is 4.79 Å². The van der Waals surface area contributed by atoms with Crippen LogP contribution in [0.3, 0.4) is 0 Å². The van der Waals surface area contributed by atoms with Crippen LogP contribution in [0.2, 0.25) is 10.0 Å². The van der Waals surface area contributed by atoms with E-state index in [-0.39, 0.29) is 11.5 Å². The quantitative estimate of drug-likeness (QED) is 0.641. The van der Waals surface area contributed by atoms with Crippen LogP contribution in [0.4, 0.5) is 5.69 Å². The minimum Gasteiger partial charge on any atom is -0.369 e. The lowest BCUT2D eigenvalue weighted by Gasteiger charge is -2.17. The molecule has 2 aromatic carbocycles. The van der Waals surface area contributed by atoms with Crippen molar-refractivity contribution in [3.05, 3.63) is 63.6 Å². The number of nitrogens with two attached hydrogens (primary N) is 1. The molecule has 0 spiro atoms. The topological polar surface area (TPSA) is 58.7 Å². The predicted molar refractivity (Wildman–Crippen MR) is 89.9 cm³/mol. The molecule has 0 radical (unpaired) electrons. The summed E-state index contributed by atoms with van der Waals surface area (Å²) in [6.07, 6.45) is 0.874. The van der Waals surface area contributed by atoms with E-state index in [1.165, 1.54) is 11.6 Å².